The maximum atomic E-state index is 14.3. The van der Waals surface area contributed by atoms with Crippen LogP contribution < -0.4 is 5.32 Å². The van der Waals surface area contributed by atoms with Gasteiger partial charge in [0, 0.05) is 25.8 Å². The molecule has 20 heavy (non-hydrogen) atoms. The van der Waals surface area contributed by atoms with E-state index in [1.54, 1.807) is 4.90 Å². The van der Waals surface area contributed by atoms with Gasteiger partial charge in [-0.05, 0) is 25.8 Å². The predicted molar refractivity (Wildman–Crippen MR) is 79.5 cm³/mol. The summed E-state index contributed by atoms with van der Waals surface area (Å²) >= 11 is 0. The van der Waals surface area contributed by atoms with Crippen LogP contribution in [-0.2, 0) is 0 Å². The van der Waals surface area contributed by atoms with E-state index in [2.05, 4.69) is 17.2 Å². The van der Waals surface area contributed by atoms with Gasteiger partial charge >= 0.3 is 0 Å². The third kappa shape index (κ3) is 4.18. The second-order valence-corrected chi connectivity index (χ2v) is 4.69. The maximum Gasteiger partial charge on any atom is 0.257 e. The molecule has 1 amide bonds. The van der Waals surface area contributed by atoms with Gasteiger partial charge in [-0.1, -0.05) is 20.3 Å². The fraction of sp³-hybridized carbons (Fsp3) is 0.600. The summed E-state index contributed by atoms with van der Waals surface area (Å²) < 4.78 is 14.3. The topological polar surface area (TPSA) is 45.2 Å². The number of unbranched alkanes of at least 4 members (excludes halogenated alkanes) is 1. The van der Waals surface area contributed by atoms with Gasteiger partial charge in [-0.15, -0.1) is 0 Å². The normalized spacial score (nSPS) is 10.4. The lowest BCUT2D eigenvalue weighted by Gasteiger charge is -2.21. The number of amides is 1. The van der Waals surface area contributed by atoms with Gasteiger partial charge in [0.2, 0.25) is 0 Å². The van der Waals surface area contributed by atoms with Crippen LogP contribution in [0.5, 0.6) is 0 Å². The summed E-state index contributed by atoms with van der Waals surface area (Å²) in [5.74, 6) is -0.662. The van der Waals surface area contributed by atoms with Gasteiger partial charge in [-0.25, -0.2) is 9.37 Å². The van der Waals surface area contributed by atoms with Crippen molar-refractivity contribution in [2.75, 3.05) is 25.0 Å². The number of pyridine rings is 1. The van der Waals surface area contributed by atoms with Crippen LogP contribution in [0.25, 0.3) is 0 Å². The molecule has 0 spiro atoms. The van der Waals surface area contributed by atoms with Crippen molar-refractivity contribution in [1.29, 1.82) is 0 Å². The molecule has 4 nitrogen and oxygen atoms in total. The molecule has 0 aromatic carbocycles. The molecule has 0 aliphatic carbocycles. The second kappa shape index (κ2) is 8.51. The first-order chi connectivity index (χ1) is 9.65. The Morgan fingerprint density at radius 1 is 1.35 bits per heavy atom. The standard InChI is InChI=1S/C15H24FN3O/c1-4-7-11-19(6-3)15(20)12-8-10-18-14(13(12)16)17-9-5-2/h8,10H,4-7,9,11H2,1-3H3,(H,17,18). The average molecular weight is 281 g/mol. The molecule has 0 bridgehead atoms. The first kappa shape index (κ1) is 16.4. The number of nitrogens with zero attached hydrogens (tertiary/aromatic N) is 2. The van der Waals surface area contributed by atoms with Crippen LogP contribution in [0.3, 0.4) is 0 Å². The van der Waals surface area contributed by atoms with Crippen molar-refractivity contribution in [3.05, 3.63) is 23.6 Å². The highest BCUT2D eigenvalue weighted by Crippen LogP contribution is 2.17. The third-order valence-electron chi connectivity index (χ3n) is 3.11. The number of hydrogen-bond acceptors (Lipinski definition) is 3. The molecule has 0 aliphatic heterocycles. The minimum Gasteiger partial charge on any atom is -0.368 e. The largest absolute Gasteiger partial charge is 0.368 e. The van der Waals surface area contributed by atoms with E-state index in [9.17, 15) is 9.18 Å². The van der Waals surface area contributed by atoms with Crippen LogP contribution in [0.4, 0.5) is 10.2 Å². The van der Waals surface area contributed by atoms with E-state index in [1.165, 1.54) is 12.3 Å². The van der Waals surface area contributed by atoms with Gasteiger partial charge in [0.05, 0.1) is 5.56 Å². The summed E-state index contributed by atoms with van der Waals surface area (Å²) in [6, 6.07) is 1.45. The van der Waals surface area contributed by atoms with Crippen molar-refractivity contribution in [2.45, 2.75) is 40.0 Å². The van der Waals surface area contributed by atoms with E-state index < -0.39 is 5.82 Å². The zero-order valence-electron chi connectivity index (χ0n) is 12.6. The smallest absolute Gasteiger partial charge is 0.257 e. The van der Waals surface area contributed by atoms with Crippen molar-refractivity contribution in [1.82, 2.24) is 9.88 Å². The number of carbonyl (C=O) groups is 1. The fourth-order valence-corrected chi connectivity index (χ4v) is 1.90. The summed E-state index contributed by atoms with van der Waals surface area (Å²) in [6.45, 7) is 7.84. The molecule has 0 unspecified atom stereocenters. The molecule has 1 aromatic rings. The minimum absolute atomic E-state index is 0.0940. The zero-order valence-corrected chi connectivity index (χ0v) is 12.6. The van der Waals surface area contributed by atoms with E-state index in [0.29, 0.717) is 19.6 Å². The van der Waals surface area contributed by atoms with Gasteiger partial charge in [0.25, 0.3) is 5.91 Å². The first-order valence-electron chi connectivity index (χ1n) is 7.33. The lowest BCUT2D eigenvalue weighted by atomic mass is 10.2. The van der Waals surface area contributed by atoms with Crippen LogP contribution in [-0.4, -0.2) is 35.4 Å². The second-order valence-electron chi connectivity index (χ2n) is 4.69. The molecule has 112 valence electrons. The number of hydrogen-bond donors (Lipinski definition) is 1. The van der Waals surface area contributed by atoms with E-state index in [-0.39, 0.29) is 17.3 Å². The van der Waals surface area contributed by atoms with Crippen molar-refractivity contribution in [3.8, 4) is 0 Å². The van der Waals surface area contributed by atoms with E-state index in [0.717, 1.165) is 19.3 Å². The predicted octanol–water partition coefficient (Wildman–Crippen LogP) is 3.30. The molecule has 1 rings (SSSR count). The molecule has 0 saturated heterocycles. The molecule has 0 radical (unpaired) electrons. The molecule has 0 saturated carbocycles. The highest BCUT2D eigenvalue weighted by Gasteiger charge is 2.20. The lowest BCUT2D eigenvalue weighted by Crippen LogP contribution is -2.32. The molecule has 0 fully saturated rings. The molecule has 0 atom stereocenters. The van der Waals surface area contributed by atoms with Crippen LogP contribution >= 0.6 is 0 Å². The van der Waals surface area contributed by atoms with Crippen LogP contribution in [0.15, 0.2) is 12.3 Å². The van der Waals surface area contributed by atoms with Gasteiger partial charge in [0.15, 0.2) is 11.6 Å². The van der Waals surface area contributed by atoms with Crippen LogP contribution in [0.2, 0.25) is 0 Å². The van der Waals surface area contributed by atoms with Crippen molar-refractivity contribution >= 4 is 11.7 Å². The zero-order chi connectivity index (χ0) is 15.0. The van der Waals surface area contributed by atoms with Crippen molar-refractivity contribution in [3.63, 3.8) is 0 Å². The van der Waals surface area contributed by atoms with E-state index in [1.807, 2.05) is 13.8 Å². The number of anilines is 1. The van der Waals surface area contributed by atoms with E-state index >= 15 is 0 Å². The number of rotatable bonds is 8. The summed E-state index contributed by atoms with van der Waals surface area (Å²) in [4.78, 5) is 18.0. The Morgan fingerprint density at radius 2 is 2.10 bits per heavy atom. The van der Waals surface area contributed by atoms with Gasteiger partial charge in [-0.3, -0.25) is 4.79 Å². The lowest BCUT2D eigenvalue weighted by molar-refractivity contribution is 0.0757. The Bertz CT molecular complexity index is 437. The molecule has 1 heterocycles. The molecule has 1 aromatic heterocycles. The molecule has 5 heteroatoms. The SMILES string of the molecule is CCCCN(CC)C(=O)c1ccnc(NCCC)c1F. The Labute approximate surface area is 120 Å². The maximum absolute atomic E-state index is 14.3. The van der Waals surface area contributed by atoms with Crippen molar-refractivity contribution in [2.24, 2.45) is 0 Å². The van der Waals surface area contributed by atoms with Crippen LogP contribution in [0.1, 0.15) is 50.4 Å². The summed E-state index contributed by atoms with van der Waals surface area (Å²) in [7, 11) is 0. The molecular formula is C15H24FN3O. The Morgan fingerprint density at radius 3 is 2.70 bits per heavy atom. The van der Waals surface area contributed by atoms with Gasteiger partial charge in [0.1, 0.15) is 0 Å². The van der Waals surface area contributed by atoms with Gasteiger partial charge in [-0.2, -0.15) is 0 Å². The molecule has 1 N–H and O–H groups in total. The first-order valence-corrected chi connectivity index (χ1v) is 7.33. The summed E-state index contributed by atoms with van der Waals surface area (Å²) in [5.41, 5.74) is 0.0940. The van der Waals surface area contributed by atoms with Gasteiger partial charge < -0.3 is 10.2 Å². The molecular weight excluding hydrogens is 257 g/mol. The summed E-state index contributed by atoms with van der Waals surface area (Å²) in [6.07, 6.45) is 4.28. The number of aromatic nitrogens is 1. The highest BCUT2D eigenvalue weighted by atomic mass is 19.1. The number of nitrogens with one attached hydrogen (secondary N) is 1. The summed E-state index contributed by atoms with van der Waals surface area (Å²) in [5, 5.41) is 2.90. The number of carbonyl (C=O) groups excluding carboxylic acids is 1. The number of halogens is 1. The Balaban J connectivity index is 2.91. The monoisotopic (exact) mass is 281 g/mol. The van der Waals surface area contributed by atoms with E-state index in [4.69, 9.17) is 0 Å². The fourth-order valence-electron chi connectivity index (χ4n) is 1.90. The van der Waals surface area contributed by atoms with Crippen LogP contribution in [0, 0.1) is 5.82 Å². The molecule has 0 aliphatic rings. The Kier molecular flexibility index (Phi) is 6.98. The average Bonchev–Trinajstić information content (AvgIpc) is 2.46. The Hall–Kier alpha value is -1.65. The quantitative estimate of drug-likeness (QED) is 0.795. The third-order valence-corrected chi connectivity index (χ3v) is 3.11. The van der Waals surface area contributed by atoms with Crippen molar-refractivity contribution < 1.29 is 9.18 Å². The highest BCUT2D eigenvalue weighted by molar-refractivity contribution is 5.95. The minimum atomic E-state index is -0.555.